The van der Waals surface area contributed by atoms with Crippen LogP contribution in [-0.2, 0) is 4.79 Å². The van der Waals surface area contributed by atoms with E-state index in [9.17, 15) is 9.59 Å². The first kappa shape index (κ1) is 24.5. The molecule has 0 saturated heterocycles. The number of ketones is 1. The Balaban J connectivity index is 1.83. The number of benzene rings is 3. The molecule has 0 spiro atoms. The van der Waals surface area contributed by atoms with E-state index in [4.69, 9.17) is 14.2 Å². The number of rotatable bonds is 6. The molecule has 0 N–H and O–H groups in total. The van der Waals surface area contributed by atoms with Crippen LogP contribution in [0.25, 0.3) is 16.8 Å². The number of carbonyl (C=O) groups excluding carboxylic acids is 1. The fourth-order valence-electron chi connectivity index (χ4n) is 4.86. The summed E-state index contributed by atoms with van der Waals surface area (Å²) in [6, 6.07) is 16.5. The third-order valence-electron chi connectivity index (χ3n) is 6.55. The number of fused-ring (bicyclic) bond motifs is 2. The monoisotopic (exact) mass is 514 g/mol. The molecule has 1 aliphatic heterocycles. The highest BCUT2D eigenvalue weighted by atomic mass is 32.1. The van der Waals surface area contributed by atoms with Gasteiger partial charge in [0, 0.05) is 28.5 Å². The SMILES string of the molecule is COc1ccc(/C=c2/sc3n(c2=O)[C@@H](c2c(OC)ccc4ccccc24)C(C(C)=O)=C(C)N=3)c(OC)c1. The van der Waals surface area contributed by atoms with E-state index in [0.717, 1.165) is 21.9 Å². The van der Waals surface area contributed by atoms with Crippen LogP contribution in [0.2, 0.25) is 0 Å². The van der Waals surface area contributed by atoms with Gasteiger partial charge in [0.05, 0.1) is 31.9 Å². The molecule has 4 aromatic rings. The van der Waals surface area contributed by atoms with Gasteiger partial charge in [-0.05, 0) is 48.9 Å². The number of nitrogens with zero attached hydrogens (tertiary/aromatic N) is 2. The zero-order valence-electron chi connectivity index (χ0n) is 21.2. The van der Waals surface area contributed by atoms with Crippen LogP contribution in [0.3, 0.4) is 0 Å². The number of hydrogen-bond acceptors (Lipinski definition) is 7. The van der Waals surface area contributed by atoms with E-state index in [-0.39, 0.29) is 11.3 Å². The van der Waals surface area contributed by atoms with Crippen molar-refractivity contribution in [3.05, 3.63) is 96.7 Å². The quantitative estimate of drug-likeness (QED) is 0.389. The predicted octanol–water partition coefficient (Wildman–Crippen LogP) is 4.00. The Morgan fingerprint density at radius 1 is 1.00 bits per heavy atom. The average molecular weight is 515 g/mol. The first-order chi connectivity index (χ1) is 17.9. The van der Waals surface area contributed by atoms with Gasteiger partial charge in [-0.2, -0.15) is 0 Å². The maximum absolute atomic E-state index is 14.0. The van der Waals surface area contributed by atoms with E-state index in [1.165, 1.54) is 18.3 Å². The third-order valence-corrected chi connectivity index (χ3v) is 7.54. The van der Waals surface area contributed by atoms with Gasteiger partial charge in [0.25, 0.3) is 5.56 Å². The van der Waals surface area contributed by atoms with E-state index in [1.54, 1.807) is 38.0 Å². The van der Waals surface area contributed by atoms with Crippen LogP contribution in [0.15, 0.2) is 75.7 Å². The Bertz CT molecular complexity index is 1760. The second-order valence-electron chi connectivity index (χ2n) is 8.65. The number of methoxy groups -OCH3 is 3. The number of carbonyl (C=O) groups is 1. The van der Waals surface area contributed by atoms with E-state index in [0.29, 0.717) is 37.9 Å². The summed E-state index contributed by atoms with van der Waals surface area (Å²) in [7, 11) is 4.75. The lowest BCUT2D eigenvalue weighted by Gasteiger charge is -2.27. The van der Waals surface area contributed by atoms with Crippen molar-refractivity contribution in [2.24, 2.45) is 4.99 Å². The summed E-state index contributed by atoms with van der Waals surface area (Å²) in [4.78, 5) is 32.2. The Morgan fingerprint density at radius 2 is 1.76 bits per heavy atom. The molecule has 0 aliphatic carbocycles. The Morgan fingerprint density at radius 3 is 2.46 bits per heavy atom. The smallest absolute Gasteiger partial charge is 0.271 e. The highest BCUT2D eigenvalue weighted by molar-refractivity contribution is 7.07. The van der Waals surface area contributed by atoms with E-state index >= 15 is 0 Å². The molecule has 0 amide bonds. The van der Waals surface area contributed by atoms with Gasteiger partial charge in [0.1, 0.15) is 17.2 Å². The number of aromatic nitrogens is 1. The summed E-state index contributed by atoms with van der Waals surface area (Å²) in [6.45, 7) is 3.32. The van der Waals surface area contributed by atoms with E-state index in [2.05, 4.69) is 4.99 Å². The minimum Gasteiger partial charge on any atom is -0.497 e. The van der Waals surface area contributed by atoms with E-state index < -0.39 is 6.04 Å². The van der Waals surface area contributed by atoms with Gasteiger partial charge in [-0.25, -0.2) is 4.99 Å². The molecule has 0 bridgehead atoms. The van der Waals surface area contributed by atoms with Crippen LogP contribution in [-0.4, -0.2) is 31.7 Å². The Kier molecular flexibility index (Phi) is 6.43. The average Bonchev–Trinajstić information content (AvgIpc) is 3.21. The summed E-state index contributed by atoms with van der Waals surface area (Å²) in [5.74, 6) is 1.69. The van der Waals surface area contributed by atoms with Crippen molar-refractivity contribution in [1.29, 1.82) is 0 Å². The number of allylic oxidation sites excluding steroid dienone is 2. The van der Waals surface area contributed by atoms with Crippen LogP contribution in [0, 0.1) is 0 Å². The number of thiazole rings is 1. The largest absolute Gasteiger partial charge is 0.497 e. The predicted molar refractivity (Wildman–Crippen MR) is 144 cm³/mol. The molecule has 1 aromatic heterocycles. The van der Waals surface area contributed by atoms with Crippen LogP contribution in [0.5, 0.6) is 17.2 Å². The number of ether oxygens (including phenoxy) is 3. The molecular weight excluding hydrogens is 488 g/mol. The third kappa shape index (κ3) is 4.13. The number of Topliss-reactive ketones (excluding diaryl/α,β-unsaturated/α-hetero) is 1. The molecule has 5 rings (SSSR count). The fourth-order valence-corrected chi connectivity index (χ4v) is 5.90. The first-order valence-electron chi connectivity index (χ1n) is 11.7. The van der Waals surface area contributed by atoms with Crippen LogP contribution in [0.1, 0.15) is 31.0 Å². The first-order valence-corrected chi connectivity index (χ1v) is 12.5. The molecule has 7 nitrogen and oxygen atoms in total. The van der Waals surface area contributed by atoms with Crippen LogP contribution < -0.4 is 29.1 Å². The lowest BCUT2D eigenvalue weighted by Crippen LogP contribution is -2.39. The standard InChI is InChI=1S/C29H26N2O5S/c1-16-25(17(2)32)27(26-21-9-7-6-8-18(21)11-13-22(26)35-4)31-28(33)24(37-29(31)30-16)14-19-10-12-20(34-3)15-23(19)36-5/h6-15,27H,1-5H3/b24-14+/t27-/m1/s1. The molecule has 0 fully saturated rings. The molecule has 1 aliphatic rings. The van der Waals surface area contributed by atoms with Gasteiger partial charge in [-0.3, -0.25) is 14.2 Å². The van der Waals surface area contributed by atoms with Crippen molar-refractivity contribution in [2.45, 2.75) is 19.9 Å². The zero-order chi connectivity index (χ0) is 26.3. The molecule has 3 aromatic carbocycles. The molecule has 188 valence electrons. The van der Waals surface area contributed by atoms with Crippen LogP contribution >= 0.6 is 11.3 Å². The highest BCUT2D eigenvalue weighted by Gasteiger charge is 2.33. The molecule has 8 heteroatoms. The van der Waals surface area contributed by atoms with E-state index in [1.807, 2.05) is 55.5 Å². The Hall–Kier alpha value is -4.17. The van der Waals surface area contributed by atoms with Crippen molar-refractivity contribution < 1.29 is 19.0 Å². The molecular formula is C29H26N2O5S. The molecule has 2 heterocycles. The van der Waals surface area contributed by atoms with Gasteiger partial charge in [0.2, 0.25) is 0 Å². The molecule has 1 atom stereocenters. The molecule has 0 radical (unpaired) electrons. The summed E-state index contributed by atoms with van der Waals surface area (Å²) in [6.07, 6.45) is 1.78. The lowest BCUT2D eigenvalue weighted by atomic mass is 9.89. The van der Waals surface area contributed by atoms with Crippen molar-refractivity contribution in [2.75, 3.05) is 21.3 Å². The zero-order valence-corrected chi connectivity index (χ0v) is 22.0. The summed E-state index contributed by atoms with van der Waals surface area (Å²) in [5, 5.41) is 1.90. The lowest BCUT2D eigenvalue weighted by molar-refractivity contribution is -0.114. The summed E-state index contributed by atoms with van der Waals surface area (Å²) >= 11 is 1.28. The van der Waals surface area contributed by atoms with Gasteiger partial charge in [-0.15, -0.1) is 0 Å². The summed E-state index contributed by atoms with van der Waals surface area (Å²) < 4.78 is 18.7. The summed E-state index contributed by atoms with van der Waals surface area (Å²) in [5.41, 5.74) is 2.30. The minimum atomic E-state index is -0.685. The fraction of sp³-hybridized carbons (Fsp3) is 0.207. The maximum Gasteiger partial charge on any atom is 0.271 e. The normalized spacial score (nSPS) is 15.4. The van der Waals surface area contributed by atoms with Gasteiger partial charge in [0.15, 0.2) is 10.6 Å². The van der Waals surface area contributed by atoms with Crippen molar-refractivity contribution in [3.8, 4) is 17.2 Å². The molecule has 37 heavy (non-hydrogen) atoms. The molecule has 0 unspecified atom stereocenters. The minimum absolute atomic E-state index is 0.146. The van der Waals surface area contributed by atoms with Crippen molar-refractivity contribution >= 4 is 34.0 Å². The molecule has 0 saturated carbocycles. The highest BCUT2D eigenvalue weighted by Crippen LogP contribution is 2.40. The van der Waals surface area contributed by atoms with Gasteiger partial charge >= 0.3 is 0 Å². The van der Waals surface area contributed by atoms with Gasteiger partial charge < -0.3 is 14.2 Å². The van der Waals surface area contributed by atoms with Crippen LogP contribution in [0.4, 0.5) is 0 Å². The number of hydrogen-bond donors (Lipinski definition) is 0. The second-order valence-corrected chi connectivity index (χ2v) is 9.66. The second kappa shape index (κ2) is 9.71. The Labute approximate surface area is 217 Å². The topological polar surface area (TPSA) is 79.1 Å². The van der Waals surface area contributed by atoms with Gasteiger partial charge in [-0.1, -0.05) is 41.7 Å². The van der Waals surface area contributed by atoms with Crippen molar-refractivity contribution in [1.82, 2.24) is 4.57 Å². The maximum atomic E-state index is 14.0. The van der Waals surface area contributed by atoms with Crippen molar-refractivity contribution in [3.63, 3.8) is 0 Å².